The molecule has 1 aromatic heterocycles. The molecule has 3 rings (SSSR count). The van der Waals surface area contributed by atoms with Crippen molar-refractivity contribution in [1.29, 1.82) is 0 Å². The topological polar surface area (TPSA) is 72.5 Å². The van der Waals surface area contributed by atoms with Crippen LogP contribution in [-0.2, 0) is 0 Å². The smallest absolute Gasteiger partial charge is 0.255 e. The number of methoxy groups -OCH3 is 2. The number of aryl methyl sites for hydroxylation is 1. The largest absolute Gasteiger partial charge is 0.497 e. The molecular weight excluding hydrogens is 342 g/mol. The van der Waals surface area contributed by atoms with Gasteiger partial charge in [-0.15, -0.1) is 0 Å². The number of hydrogen-bond donors (Lipinski definition) is 2. The zero-order valence-electron chi connectivity index (χ0n) is 15.4. The number of nitrogens with zero attached hydrogens (tertiary/aromatic N) is 1. The quantitative estimate of drug-likeness (QED) is 0.679. The lowest BCUT2D eigenvalue weighted by atomic mass is 10.2. The molecule has 138 valence electrons. The number of aromatic nitrogens is 1. The fourth-order valence-corrected chi connectivity index (χ4v) is 2.53. The Morgan fingerprint density at radius 3 is 2.44 bits per heavy atom. The van der Waals surface area contributed by atoms with Gasteiger partial charge in [-0.25, -0.2) is 4.98 Å². The third-order valence-electron chi connectivity index (χ3n) is 4.00. The van der Waals surface area contributed by atoms with E-state index in [1.807, 2.05) is 31.2 Å². The second kappa shape index (κ2) is 8.23. The molecule has 1 heterocycles. The van der Waals surface area contributed by atoms with Crippen molar-refractivity contribution in [3.8, 4) is 11.5 Å². The molecule has 6 heteroatoms. The molecule has 2 aromatic carbocycles. The fraction of sp³-hybridized carbons (Fsp3) is 0.143. The maximum absolute atomic E-state index is 12.7. The molecule has 0 aliphatic rings. The second-order valence-electron chi connectivity index (χ2n) is 5.94. The molecule has 6 nitrogen and oxygen atoms in total. The predicted molar refractivity (Wildman–Crippen MR) is 106 cm³/mol. The number of amides is 1. The van der Waals surface area contributed by atoms with E-state index in [0.29, 0.717) is 28.6 Å². The van der Waals surface area contributed by atoms with Gasteiger partial charge in [-0.2, -0.15) is 0 Å². The summed E-state index contributed by atoms with van der Waals surface area (Å²) in [6.07, 6.45) is 1.59. The van der Waals surface area contributed by atoms with Crippen LogP contribution >= 0.6 is 0 Å². The van der Waals surface area contributed by atoms with Crippen LogP contribution in [0, 0.1) is 6.92 Å². The first-order chi connectivity index (χ1) is 13.1. The minimum absolute atomic E-state index is 0.268. The number of anilines is 3. The Hall–Kier alpha value is -3.54. The van der Waals surface area contributed by atoms with Crippen molar-refractivity contribution in [2.24, 2.45) is 0 Å². The summed E-state index contributed by atoms with van der Waals surface area (Å²) in [4.78, 5) is 16.9. The monoisotopic (exact) mass is 363 g/mol. The first-order valence-electron chi connectivity index (χ1n) is 8.42. The second-order valence-corrected chi connectivity index (χ2v) is 5.94. The van der Waals surface area contributed by atoms with E-state index in [0.717, 1.165) is 5.69 Å². The summed E-state index contributed by atoms with van der Waals surface area (Å²) in [5.41, 5.74) is 3.09. The van der Waals surface area contributed by atoms with E-state index in [-0.39, 0.29) is 5.91 Å². The highest BCUT2D eigenvalue weighted by molar-refractivity contribution is 6.05. The molecule has 0 saturated carbocycles. The molecule has 0 aliphatic carbocycles. The van der Waals surface area contributed by atoms with E-state index in [4.69, 9.17) is 9.47 Å². The molecule has 2 N–H and O–H groups in total. The first kappa shape index (κ1) is 18.3. The lowest BCUT2D eigenvalue weighted by molar-refractivity contribution is 0.102. The van der Waals surface area contributed by atoms with Gasteiger partial charge in [0.25, 0.3) is 5.91 Å². The van der Waals surface area contributed by atoms with Crippen LogP contribution in [0.3, 0.4) is 0 Å². The van der Waals surface area contributed by atoms with Gasteiger partial charge in [0.2, 0.25) is 0 Å². The van der Waals surface area contributed by atoms with Crippen LogP contribution in [-0.4, -0.2) is 25.1 Å². The molecule has 3 aromatic rings. The van der Waals surface area contributed by atoms with E-state index in [9.17, 15) is 4.79 Å². The summed E-state index contributed by atoms with van der Waals surface area (Å²) < 4.78 is 10.5. The van der Waals surface area contributed by atoms with Gasteiger partial charge >= 0.3 is 0 Å². The summed E-state index contributed by atoms with van der Waals surface area (Å²) >= 11 is 0. The van der Waals surface area contributed by atoms with Gasteiger partial charge in [-0.05, 0) is 43.3 Å². The van der Waals surface area contributed by atoms with Crippen molar-refractivity contribution in [1.82, 2.24) is 4.98 Å². The third-order valence-corrected chi connectivity index (χ3v) is 4.00. The summed E-state index contributed by atoms with van der Waals surface area (Å²) in [7, 11) is 3.12. The van der Waals surface area contributed by atoms with Gasteiger partial charge in [0.15, 0.2) is 0 Å². The Bertz CT molecular complexity index is 940. The van der Waals surface area contributed by atoms with Crippen LogP contribution in [0.2, 0.25) is 0 Å². The Morgan fingerprint density at radius 1 is 0.963 bits per heavy atom. The molecule has 1 amide bonds. The van der Waals surface area contributed by atoms with Gasteiger partial charge in [0.1, 0.15) is 17.3 Å². The van der Waals surface area contributed by atoms with Gasteiger partial charge in [-0.1, -0.05) is 17.7 Å². The minimum atomic E-state index is -0.268. The maximum Gasteiger partial charge on any atom is 0.255 e. The van der Waals surface area contributed by atoms with E-state index < -0.39 is 0 Å². The van der Waals surface area contributed by atoms with Crippen molar-refractivity contribution in [2.45, 2.75) is 6.92 Å². The summed E-state index contributed by atoms with van der Waals surface area (Å²) in [5, 5.41) is 6.05. The van der Waals surface area contributed by atoms with Gasteiger partial charge in [-0.3, -0.25) is 4.79 Å². The van der Waals surface area contributed by atoms with Crippen LogP contribution in [0.1, 0.15) is 15.9 Å². The Kier molecular flexibility index (Phi) is 5.56. The van der Waals surface area contributed by atoms with Crippen molar-refractivity contribution in [2.75, 3.05) is 24.9 Å². The van der Waals surface area contributed by atoms with Crippen LogP contribution in [0.5, 0.6) is 11.5 Å². The highest BCUT2D eigenvalue weighted by atomic mass is 16.5. The van der Waals surface area contributed by atoms with Crippen LogP contribution in [0.15, 0.2) is 60.8 Å². The molecule has 0 spiro atoms. The molecule has 0 radical (unpaired) electrons. The normalized spacial score (nSPS) is 10.2. The minimum Gasteiger partial charge on any atom is -0.497 e. The molecule has 0 bridgehead atoms. The van der Waals surface area contributed by atoms with Gasteiger partial charge in [0.05, 0.1) is 19.9 Å². The molecule has 27 heavy (non-hydrogen) atoms. The van der Waals surface area contributed by atoms with E-state index in [1.165, 1.54) is 5.56 Å². The van der Waals surface area contributed by atoms with Crippen LogP contribution < -0.4 is 20.1 Å². The molecule has 0 saturated heterocycles. The van der Waals surface area contributed by atoms with Crippen molar-refractivity contribution < 1.29 is 14.3 Å². The lowest BCUT2D eigenvalue weighted by Crippen LogP contribution is -2.13. The molecule has 0 fully saturated rings. The number of pyridine rings is 1. The van der Waals surface area contributed by atoms with E-state index in [1.54, 1.807) is 50.7 Å². The van der Waals surface area contributed by atoms with Gasteiger partial charge in [0, 0.05) is 23.5 Å². The average Bonchev–Trinajstić information content (AvgIpc) is 2.70. The molecular formula is C21H21N3O3. The SMILES string of the molecule is COc1ccc(OC)c(NC(=O)c2ccnc(Nc3ccc(C)cc3)c2)c1. The number of benzene rings is 2. The zero-order valence-corrected chi connectivity index (χ0v) is 15.4. The first-order valence-corrected chi connectivity index (χ1v) is 8.42. The van der Waals surface area contributed by atoms with Crippen molar-refractivity contribution in [3.05, 3.63) is 71.9 Å². The lowest BCUT2D eigenvalue weighted by Gasteiger charge is -2.12. The maximum atomic E-state index is 12.7. The molecule has 0 unspecified atom stereocenters. The summed E-state index contributed by atoms with van der Waals surface area (Å²) in [6.45, 7) is 2.03. The summed E-state index contributed by atoms with van der Waals surface area (Å²) in [6, 6.07) is 16.5. The summed E-state index contributed by atoms with van der Waals surface area (Å²) in [5.74, 6) is 1.50. The highest BCUT2D eigenvalue weighted by Crippen LogP contribution is 2.29. The molecule has 0 aliphatic heterocycles. The van der Waals surface area contributed by atoms with Crippen molar-refractivity contribution >= 4 is 23.1 Å². The van der Waals surface area contributed by atoms with Crippen LogP contribution in [0.4, 0.5) is 17.2 Å². The zero-order chi connectivity index (χ0) is 19.2. The number of hydrogen-bond acceptors (Lipinski definition) is 5. The highest BCUT2D eigenvalue weighted by Gasteiger charge is 2.12. The van der Waals surface area contributed by atoms with E-state index in [2.05, 4.69) is 15.6 Å². The molecule has 0 atom stereocenters. The van der Waals surface area contributed by atoms with Crippen molar-refractivity contribution in [3.63, 3.8) is 0 Å². The number of ether oxygens (including phenoxy) is 2. The average molecular weight is 363 g/mol. The standard InChI is InChI=1S/C21H21N3O3/c1-14-4-6-16(7-5-14)23-20-12-15(10-11-22-20)21(25)24-18-13-17(26-2)8-9-19(18)27-3/h4-13H,1-3H3,(H,22,23)(H,24,25). The Balaban J connectivity index is 1.78. The number of carbonyl (C=O) groups is 1. The Labute approximate surface area is 158 Å². The fourth-order valence-electron chi connectivity index (χ4n) is 2.53. The number of rotatable bonds is 6. The Morgan fingerprint density at radius 2 is 1.74 bits per heavy atom. The predicted octanol–water partition coefficient (Wildman–Crippen LogP) is 4.40. The van der Waals surface area contributed by atoms with Crippen LogP contribution in [0.25, 0.3) is 0 Å². The number of carbonyl (C=O) groups excluding carboxylic acids is 1. The third kappa shape index (κ3) is 4.55. The van der Waals surface area contributed by atoms with E-state index >= 15 is 0 Å². The van der Waals surface area contributed by atoms with Gasteiger partial charge < -0.3 is 20.1 Å². The number of nitrogens with one attached hydrogen (secondary N) is 2.